The van der Waals surface area contributed by atoms with Crippen molar-refractivity contribution >= 4 is 27.5 Å². The minimum absolute atomic E-state index is 0.148. The fraction of sp³-hybridized carbons (Fsp3) is 0.417. The number of carbonyl (C=O) groups is 2. The minimum Gasteiger partial charge on any atom is -0.497 e. The van der Waals surface area contributed by atoms with Crippen LogP contribution in [0.3, 0.4) is 0 Å². The molecular formula is C24H33N3O5S. The van der Waals surface area contributed by atoms with Gasteiger partial charge in [-0.3, -0.25) is 13.9 Å². The molecule has 0 aliphatic heterocycles. The van der Waals surface area contributed by atoms with Crippen molar-refractivity contribution in [3.63, 3.8) is 0 Å². The number of carbonyl (C=O) groups excluding carboxylic acids is 2. The summed E-state index contributed by atoms with van der Waals surface area (Å²) in [7, 11) is -2.17. The standard InChI is InChI=1S/C24H33N3O5S/c1-6-15-25-24(29)19(3)26(16-20-9-13-22(32-4)14-10-20)23(28)17-27(33(5,30)31)21-11-7-18(2)8-12-21/h7-14,19H,6,15-17H2,1-5H3,(H,25,29). The number of amides is 2. The highest BCUT2D eigenvalue weighted by Gasteiger charge is 2.29. The Morgan fingerprint density at radius 1 is 1.06 bits per heavy atom. The van der Waals surface area contributed by atoms with Gasteiger partial charge in [-0.05, 0) is 50.1 Å². The molecule has 1 unspecified atom stereocenters. The van der Waals surface area contributed by atoms with Crippen LogP contribution >= 0.6 is 0 Å². The lowest BCUT2D eigenvalue weighted by Crippen LogP contribution is -2.51. The van der Waals surface area contributed by atoms with E-state index in [0.29, 0.717) is 18.0 Å². The van der Waals surface area contributed by atoms with E-state index in [4.69, 9.17) is 4.74 Å². The van der Waals surface area contributed by atoms with Crippen LogP contribution in [0, 0.1) is 6.92 Å². The third-order valence-electron chi connectivity index (χ3n) is 5.23. The average molecular weight is 476 g/mol. The Balaban J connectivity index is 2.34. The molecule has 0 fully saturated rings. The minimum atomic E-state index is -3.73. The van der Waals surface area contributed by atoms with E-state index in [-0.39, 0.29) is 12.5 Å². The van der Waals surface area contributed by atoms with Gasteiger partial charge in [-0.15, -0.1) is 0 Å². The van der Waals surface area contributed by atoms with E-state index in [9.17, 15) is 18.0 Å². The van der Waals surface area contributed by atoms with Crippen molar-refractivity contribution in [1.82, 2.24) is 10.2 Å². The summed E-state index contributed by atoms with van der Waals surface area (Å²) in [6.07, 6.45) is 1.82. The number of nitrogens with zero attached hydrogens (tertiary/aromatic N) is 2. The molecule has 0 radical (unpaired) electrons. The van der Waals surface area contributed by atoms with Crippen molar-refractivity contribution in [2.45, 2.75) is 39.8 Å². The number of methoxy groups -OCH3 is 1. The van der Waals surface area contributed by atoms with E-state index in [2.05, 4.69) is 5.32 Å². The molecular weight excluding hydrogens is 442 g/mol. The van der Waals surface area contributed by atoms with Crippen molar-refractivity contribution in [2.24, 2.45) is 0 Å². The lowest BCUT2D eigenvalue weighted by molar-refractivity contribution is -0.139. The highest BCUT2D eigenvalue weighted by molar-refractivity contribution is 7.92. The normalized spacial score (nSPS) is 12.0. The maximum atomic E-state index is 13.4. The van der Waals surface area contributed by atoms with Crippen molar-refractivity contribution in [3.05, 3.63) is 59.7 Å². The van der Waals surface area contributed by atoms with Crippen LogP contribution in [-0.4, -0.2) is 57.6 Å². The van der Waals surface area contributed by atoms with E-state index in [1.54, 1.807) is 50.4 Å². The molecule has 2 rings (SSSR count). The van der Waals surface area contributed by atoms with Gasteiger partial charge in [0.2, 0.25) is 21.8 Å². The van der Waals surface area contributed by atoms with Crippen LogP contribution in [0.5, 0.6) is 5.75 Å². The number of ether oxygens (including phenoxy) is 1. The van der Waals surface area contributed by atoms with Crippen LogP contribution in [0.4, 0.5) is 5.69 Å². The number of benzene rings is 2. The molecule has 0 aliphatic carbocycles. The predicted molar refractivity (Wildman–Crippen MR) is 130 cm³/mol. The second kappa shape index (κ2) is 11.7. The molecule has 0 spiro atoms. The Morgan fingerprint density at radius 3 is 2.18 bits per heavy atom. The van der Waals surface area contributed by atoms with Gasteiger partial charge in [-0.25, -0.2) is 8.42 Å². The zero-order valence-corrected chi connectivity index (χ0v) is 20.7. The van der Waals surface area contributed by atoms with E-state index < -0.39 is 28.5 Å². The van der Waals surface area contributed by atoms with Crippen molar-refractivity contribution < 1.29 is 22.7 Å². The molecule has 0 bridgehead atoms. The molecule has 33 heavy (non-hydrogen) atoms. The topological polar surface area (TPSA) is 96.0 Å². The smallest absolute Gasteiger partial charge is 0.244 e. The van der Waals surface area contributed by atoms with E-state index >= 15 is 0 Å². The number of sulfonamides is 1. The predicted octanol–water partition coefficient (Wildman–Crippen LogP) is 2.71. The summed E-state index contributed by atoms with van der Waals surface area (Å²) < 4.78 is 31.3. The molecule has 0 saturated carbocycles. The van der Waals surface area contributed by atoms with Gasteiger partial charge in [0.25, 0.3) is 0 Å². The highest BCUT2D eigenvalue weighted by Crippen LogP contribution is 2.20. The summed E-state index contributed by atoms with van der Waals surface area (Å²) in [6, 6.07) is 13.3. The van der Waals surface area contributed by atoms with Crippen LogP contribution in [0.25, 0.3) is 0 Å². The van der Waals surface area contributed by atoms with Crippen LogP contribution < -0.4 is 14.4 Å². The van der Waals surface area contributed by atoms with Gasteiger partial charge >= 0.3 is 0 Å². The molecule has 9 heteroatoms. The third-order valence-corrected chi connectivity index (χ3v) is 6.37. The molecule has 2 aromatic carbocycles. The van der Waals surface area contributed by atoms with E-state index in [0.717, 1.165) is 28.1 Å². The summed E-state index contributed by atoms with van der Waals surface area (Å²) in [5.41, 5.74) is 2.16. The average Bonchev–Trinajstić information content (AvgIpc) is 2.79. The molecule has 0 heterocycles. The zero-order valence-electron chi connectivity index (χ0n) is 19.9. The second-order valence-electron chi connectivity index (χ2n) is 7.94. The number of aryl methyl sites for hydroxylation is 1. The SMILES string of the molecule is CCCNC(=O)C(C)N(Cc1ccc(OC)cc1)C(=O)CN(c1ccc(C)cc1)S(C)(=O)=O. The van der Waals surface area contributed by atoms with Crippen molar-refractivity contribution in [3.8, 4) is 5.75 Å². The van der Waals surface area contributed by atoms with Crippen LogP contribution in [-0.2, 0) is 26.2 Å². The van der Waals surface area contributed by atoms with Gasteiger partial charge in [-0.1, -0.05) is 36.8 Å². The largest absolute Gasteiger partial charge is 0.497 e. The van der Waals surface area contributed by atoms with Crippen LogP contribution in [0.1, 0.15) is 31.4 Å². The molecule has 8 nitrogen and oxygen atoms in total. The summed E-state index contributed by atoms with van der Waals surface area (Å²) in [5, 5.41) is 2.81. The van der Waals surface area contributed by atoms with Gasteiger partial charge in [-0.2, -0.15) is 0 Å². The van der Waals surface area contributed by atoms with Gasteiger partial charge in [0.05, 0.1) is 19.1 Å². The van der Waals surface area contributed by atoms with Gasteiger partial charge in [0, 0.05) is 13.1 Å². The van der Waals surface area contributed by atoms with Gasteiger partial charge < -0.3 is 15.0 Å². The molecule has 0 aromatic heterocycles. The number of hydrogen-bond donors (Lipinski definition) is 1. The Bertz CT molecular complexity index is 1040. The van der Waals surface area contributed by atoms with E-state index in [1.807, 2.05) is 26.0 Å². The fourth-order valence-electron chi connectivity index (χ4n) is 3.23. The maximum Gasteiger partial charge on any atom is 0.244 e. The summed E-state index contributed by atoms with van der Waals surface area (Å²) in [4.78, 5) is 27.5. The number of rotatable bonds is 11. The maximum absolute atomic E-state index is 13.4. The first-order valence-corrected chi connectivity index (χ1v) is 12.7. The summed E-state index contributed by atoms with van der Waals surface area (Å²) in [5.74, 6) is -0.0936. The summed E-state index contributed by atoms with van der Waals surface area (Å²) >= 11 is 0. The second-order valence-corrected chi connectivity index (χ2v) is 9.85. The van der Waals surface area contributed by atoms with Gasteiger partial charge in [0.1, 0.15) is 18.3 Å². The molecule has 1 N–H and O–H groups in total. The highest BCUT2D eigenvalue weighted by atomic mass is 32.2. The molecule has 2 aromatic rings. The fourth-order valence-corrected chi connectivity index (χ4v) is 4.08. The van der Waals surface area contributed by atoms with Crippen LogP contribution in [0.15, 0.2) is 48.5 Å². The van der Waals surface area contributed by atoms with E-state index in [1.165, 1.54) is 4.90 Å². The Hall–Kier alpha value is -3.07. The Morgan fingerprint density at radius 2 is 1.67 bits per heavy atom. The Labute approximate surface area is 196 Å². The number of nitrogens with one attached hydrogen (secondary N) is 1. The number of hydrogen-bond acceptors (Lipinski definition) is 5. The number of anilines is 1. The Kier molecular flexibility index (Phi) is 9.28. The monoisotopic (exact) mass is 475 g/mol. The molecule has 0 saturated heterocycles. The third kappa shape index (κ3) is 7.49. The lowest BCUT2D eigenvalue weighted by Gasteiger charge is -2.31. The molecule has 1 atom stereocenters. The lowest BCUT2D eigenvalue weighted by atomic mass is 10.1. The van der Waals surface area contributed by atoms with Crippen LogP contribution in [0.2, 0.25) is 0 Å². The molecule has 2 amide bonds. The van der Waals surface area contributed by atoms with Crippen molar-refractivity contribution in [2.75, 3.05) is 30.8 Å². The summed E-state index contributed by atoms with van der Waals surface area (Å²) in [6.45, 7) is 5.71. The first-order chi connectivity index (χ1) is 15.6. The van der Waals surface area contributed by atoms with Gasteiger partial charge in [0.15, 0.2) is 0 Å². The first-order valence-electron chi connectivity index (χ1n) is 10.8. The zero-order chi connectivity index (χ0) is 24.6. The molecule has 180 valence electrons. The first kappa shape index (κ1) is 26.2. The van der Waals surface area contributed by atoms with Crippen molar-refractivity contribution in [1.29, 1.82) is 0 Å². The quantitative estimate of drug-likeness (QED) is 0.539. The molecule has 0 aliphatic rings.